The number of hydrogen-bond donors (Lipinski definition) is 0. The van der Waals surface area contributed by atoms with Crippen LogP contribution in [0.4, 0.5) is 0 Å². The fourth-order valence-electron chi connectivity index (χ4n) is 3.15. The fourth-order valence-corrected chi connectivity index (χ4v) is 3.15. The van der Waals surface area contributed by atoms with Gasteiger partial charge in [-0.15, -0.1) is 0 Å². The van der Waals surface area contributed by atoms with Crippen LogP contribution in [0.25, 0.3) is 0 Å². The van der Waals surface area contributed by atoms with Crippen molar-refractivity contribution in [3.8, 4) is 0 Å². The second kappa shape index (κ2) is 8.14. The molecule has 0 radical (unpaired) electrons. The van der Waals surface area contributed by atoms with Crippen molar-refractivity contribution >= 4 is 17.9 Å². The molecule has 2 aliphatic rings. The summed E-state index contributed by atoms with van der Waals surface area (Å²) in [5.74, 6) is -1.72. The summed E-state index contributed by atoms with van der Waals surface area (Å²) in [4.78, 5) is 34.7. The average molecular weight is 348 g/mol. The van der Waals surface area contributed by atoms with E-state index in [2.05, 4.69) is 6.58 Å². The topological polar surface area (TPSA) is 78.9 Å². The summed E-state index contributed by atoms with van der Waals surface area (Å²) in [6.07, 6.45) is 4.73. The van der Waals surface area contributed by atoms with Gasteiger partial charge in [-0.3, -0.25) is 9.59 Å². The molecule has 1 aliphatic carbocycles. The summed E-state index contributed by atoms with van der Waals surface area (Å²) in [6, 6.07) is 0. The number of carbonyl (C=O) groups is 3. The number of ether oxygens (including phenoxy) is 3. The zero-order valence-electron chi connectivity index (χ0n) is 14.9. The van der Waals surface area contributed by atoms with Crippen LogP contribution in [0.1, 0.15) is 40.0 Å². The second-order valence-electron chi connectivity index (χ2n) is 6.47. The summed E-state index contributed by atoms with van der Waals surface area (Å²) < 4.78 is 16.0. The Balaban J connectivity index is 2.33. The molecule has 1 aliphatic heterocycles. The van der Waals surface area contributed by atoms with E-state index >= 15 is 0 Å². The Labute approximate surface area is 147 Å². The van der Waals surface area contributed by atoms with E-state index < -0.39 is 30.1 Å². The van der Waals surface area contributed by atoms with Gasteiger partial charge in [-0.2, -0.15) is 0 Å². The van der Waals surface area contributed by atoms with Crippen molar-refractivity contribution in [1.29, 1.82) is 0 Å². The lowest BCUT2D eigenvalue weighted by Crippen LogP contribution is -2.32. The lowest BCUT2D eigenvalue weighted by Gasteiger charge is -2.26. The number of rotatable bonds is 3. The highest BCUT2D eigenvalue weighted by molar-refractivity contribution is 5.91. The van der Waals surface area contributed by atoms with Crippen LogP contribution in [0.3, 0.4) is 0 Å². The lowest BCUT2D eigenvalue weighted by molar-refractivity contribution is -0.147. The van der Waals surface area contributed by atoms with Gasteiger partial charge in [0.05, 0.1) is 5.92 Å². The van der Waals surface area contributed by atoms with Gasteiger partial charge in [-0.1, -0.05) is 18.2 Å². The van der Waals surface area contributed by atoms with Gasteiger partial charge in [0.25, 0.3) is 0 Å². The maximum atomic E-state index is 12.0. The van der Waals surface area contributed by atoms with Gasteiger partial charge < -0.3 is 14.2 Å². The van der Waals surface area contributed by atoms with Gasteiger partial charge in [0.15, 0.2) is 0 Å². The summed E-state index contributed by atoms with van der Waals surface area (Å²) in [7, 11) is 0. The molecule has 1 fully saturated rings. The molecule has 0 aromatic heterocycles. The molecule has 1 saturated heterocycles. The van der Waals surface area contributed by atoms with Crippen molar-refractivity contribution in [2.45, 2.75) is 52.2 Å². The van der Waals surface area contributed by atoms with E-state index in [9.17, 15) is 14.4 Å². The van der Waals surface area contributed by atoms with Crippen LogP contribution in [0.5, 0.6) is 0 Å². The largest absolute Gasteiger partial charge is 0.461 e. The molecule has 2 rings (SSSR count). The first-order valence-electron chi connectivity index (χ1n) is 8.33. The molecular formula is C19H24O6. The number of hydrogen-bond acceptors (Lipinski definition) is 6. The van der Waals surface area contributed by atoms with E-state index in [0.29, 0.717) is 12.0 Å². The lowest BCUT2D eigenvalue weighted by atomic mass is 9.85. The van der Waals surface area contributed by atoms with Crippen LogP contribution in [0.15, 0.2) is 35.5 Å². The number of esters is 3. The van der Waals surface area contributed by atoms with Gasteiger partial charge in [-0.05, 0) is 31.4 Å². The smallest absolute Gasteiger partial charge is 0.334 e. The molecule has 25 heavy (non-hydrogen) atoms. The summed E-state index contributed by atoms with van der Waals surface area (Å²) in [6.45, 7) is 8.62. The predicted molar refractivity (Wildman–Crippen MR) is 90.4 cm³/mol. The zero-order chi connectivity index (χ0) is 18.6. The molecule has 0 spiro atoms. The summed E-state index contributed by atoms with van der Waals surface area (Å²) in [5.41, 5.74) is 2.22. The quantitative estimate of drug-likeness (QED) is 0.338. The second-order valence-corrected chi connectivity index (χ2v) is 6.47. The number of allylic oxidation sites excluding steroid dienone is 2. The number of carbonyl (C=O) groups excluding carboxylic acids is 3. The molecule has 6 heteroatoms. The van der Waals surface area contributed by atoms with Gasteiger partial charge in [0.2, 0.25) is 0 Å². The highest BCUT2D eigenvalue weighted by atomic mass is 16.6. The first kappa shape index (κ1) is 19.0. The molecule has 0 bridgehead atoms. The van der Waals surface area contributed by atoms with Crippen LogP contribution >= 0.6 is 0 Å². The molecule has 136 valence electrons. The molecular weight excluding hydrogens is 324 g/mol. The van der Waals surface area contributed by atoms with Crippen molar-refractivity contribution in [3.63, 3.8) is 0 Å². The molecule has 1 heterocycles. The van der Waals surface area contributed by atoms with Crippen molar-refractivity contribution in [2.75, 3.05) is 6.61 Å². The monoisotopic (exact) mass is 348 g/mol. The molecule has 6 nitrogen and oxygen atoms in total. The normalized spacial score (nSPS) is 30.9. The number of fused-ring (bicyclic) bond motifs is 1. The fraction of sp³-hybridized carbons (Fsp3) is 0.526. The van der Waals surface area contributed by atoms with Crippen molar-refractivity contribution in [2.24, 2.45) is 5.92 Å². The highest BCUT2D eigenvalue weighted by Gasteiger charge is 2.44. The molecule has 0 amide bonds. The van der Waals surface area contributed by atoms with E-state index in [1.54, 1.807) is 0 Å². The van der Waals surface area contributed by atoms with Gasteiger partial charge >= 0.3 is 17.9 Å². The minimum atomic E-state index is -0.602. The van der Waals surface area contributed by atoms with Crippen molar-refractivity contribution in [3.05, 3.63) is 35.5 Å². The van der Waals surface area contributed by atoms with Gasteiger partial charge in [0.1, 0.15) is 18.8 Å². The Hall–Kier alpha value is -2.37. The third kappa shape index (κ3) is 5.05. The summed E-state index contributed by atoms with van der Waals surface area (Å²) >= 11 is 0. The Kier molecular flexibility index (Phi) is 6.17. The Bertz CT molecular complexity index is 642. The van der Waals surface area contributed by atoms with Crippen molar-refractivity contribution in [1.82, 2.24) is 0 Å². The third-order valence-electron chi connectivity index (χ3n) is 4.32. The Morgan fingerprint density at radius 1 is 1.32 bits per heavy atom. The Morgan fingerprint density at radius 3 is 2.68 bits per heavy atom. The van der Waals surface area contributed by atoms with Gasteiger partial charge in [-0.25, -0.2) is 4.79 Å². The van der Waals surface area contributed by atoms with Crippen LogP contribution in [0.2, 0.25) is 0 Å². The van der Waals surface area contributed by atoms with Gasteiger partial charge in [0, 0.05) is 25.8 Å². The molecule has 0 aromatic carbocycles. The maximum absolute atomic E-state index is 12.0. The van der Waals surface area contributed by atoms with Crippen LogP contribution in [-0.4, -0.2) is 36.7 Å². The van der Waals surface area contributed by atoms with E-state index in [-0.39, 0.29) is 12.6 Å². The first-order valence-corrected chi connectivity index (χ1v) is 8.33. The molecule has 0 N–H and O–H groups in total. The predicted octanol–water partition coefficient (Wildman–Crippen LogP) is 2.64. The van der Waals surface area contributed by atoms with E-state index in [1.165, 1.54) is 13.8 Å². The molecule has 3 atom stereocenters. The highest BCUT2D eigenvalue weighted by Crippen LogP contribution is 2.36. The average Bonchev–Trinajstić information content (AvgIpc) is 2.77. The first-order chi connectivity index (χ1) is 11.8. The summed E-state index contributed by atoms with van der Waals surface area (Å²) in [5, 5.41) is 0. The molecule has 0 unspecified atom stereocenters. The zero-order valence-corrected chi connectivity index (χ0v) is 14.9. The van der Waals surface area contributed by atoms with Crippen LogP contribution in [0, 0.1) is 5.92 Å². The van der Waals surface area contributed by atoms with E-state index in [4.69, 9.17) is 14.2 Å². The SMILES string of the molecule is C=C1C(=O)O[C@@H]2C/C(COC(C)=O)=C\CC/C(C)=C/[C@@H](OC(C)=O)[C@H]12. The molecule has 0 aromatic rings. The minimum absolute atomic E-state index is 0.156. The Morgan fingerprint density at radius 2 is 2.04 bits per heavy atom. The van der Waals surface area contributed by atoms with E-state index in [1.807, 2.05) is 19.1 Å². The van der Waals surface area contributed by atoms with Crippen LogP contribution in [-0.2, 0) is 28.6 Å². The van der Waals surface area contributed by atoms with Crippen LogP contribution < -0.4 is 0 Å². The third-order valence-corrected chi connectivity index (χ3v) is 4.32. The minimum Gasteiger partial charge on any atom is -0.461 e. The van der Waals surface area contributed by atoms with E-state index in [0.717, 1.165) is 24.0 Å². The molecule has 0 saturated carbocycles. The standard InChI is InChI=1S/C19H24O6/c1-11-6-5-7-15(10-23-13(3)20)9-17-18(12(2)19(22)25-17)16(8-11)24-14(4)21/h7-8,16-18H,2,5-6,9-10H2,1,3-4H3/b11-8+,15-7+/t16-,17-,18+/m1/s1. The van der Waals surface area contributed by atoms with Crippen molar-refractivity contribution < 1.29 is 28.6 Å². The maximum Gasteiger partial charge on any atom is 0.334 e.